The fourth-order valence-corrected chi connectivity index (χ4v) is 2.04. The van der Waals surface area contributed by atoms with Crippen LogP contribution in [-0.4, -0.2) is 22.0 Å². The van der Waals surface area contributed by atoms with Crippen LogP contribution in [0.25, 0.3) is 10.9 Å². The van der Waals surface area contributed by atoms with Crippen LogP contribution in [0, 0.1) is 6.92 Å². The van der Waals surface area contributed by atoms with Crippen LogP contribution in [0.4, 0.5) is 5.69 Å². The summed E-state index contributed by atoms with van der Waals surface area (Å²) in [6, 6.07) is 5.40. The number of carboxylic acids is 1. The molecule has 0 saturated heterocycles. The van der Waals surface area contributed by atoms with Gasteiger partial charge in [0.2, 0.25) is 5.91 Å². The average Bonchev–Trinajstić information content (AvgIpc) is 2.54. The molecule has 0 bridgehead atoms. The molecule has 18 heavy (non-hydrogen) atoms. The Labute approximate surface area is 104 Å². The molecule has 0 atom stereocenters. The maximum absolute atomic E-state index is 11.0. The Kier molecular flexibility index (Phi) is 3.06. The van der Waals surface area contributed by atoms with E-state index >= 15 is 0 Å². The standard InChI is InChI=1S/C13H14N2O3/c1-7-10(6-13(17)18)11-5-9(15-8(2)16)3-4-12(11)14-7/h3-5,14H,6H2,1-2H3,(H,15,16)(H,17,18). The van der Waals surface area contributed by atoms with Crippen molar-refractivity contribution in [2.45, 2.75) is 20.3 Å². The molecule has 5 heteroatoms. The molecule has 1 heterocycles. The second-order valence-corrected chi connectivity index (χ2v) is 4.24. The van der Waals surface area contributed by atoms with Crippen molar-refractivity contribution in [3.63, 3.8) is 0 Å². The molecule has 0 aliphatic heterocycles. The highest BCUT2D eigenvalue weighted by Crippen LogP contribution is 2.25. The van der Waals surface area contributed by atoms with Gasteiger partial charge in [0.05, 0.1) is 6.42 Å². The Balaban J connectivity index is 2.51. The van der Waals surface area contributed by atoms with Gasteiger partial charge in [-0.25, -0.2) is 0 Å². The van der Waals surface area contributed by atoms with E-state index < -0.39 is 5.97 Å². The molecule has 2 aromatic rings. The molecule has 0 aliphatic carbocycles. The lowest BCUT2D eigenvalue weighted by atomic mass is 10.1. The van der Waals surface area contributed by atoms with Crippen LogP contribution in [-0.2, 0) is 16.0 Å². The van der Waals surface area contributed by atoms with Gasteiger partial charge in [0, 0.05) is 29.2 Å². The number of benzene rings is 1. The van der Waals surface area contributed by atoms with Crippen molar-refractivity contribution >= 4 is 28.5 Å². The summed E-state index contributed by atoms with van der Waals surface area (Å²) in [6.07, 6.45) is -0.0324. The second-order valence-electron chi connectivity index (χ2n) is 4.24. The van der Waals surface area contributed by atoms with Crippen LogP contribution >= 0.6 is 0 Å². The summed E-state index contributed by atoms with van der Waals surface area (Å²) in [4.78, 5) is 25.0. The van der Waals surface area contributed by atoms with Crippen LogP contribution in [0.2, 0.25) is 0 Å². The van der Waals surface area contributed by atoms with Crippen molar-refractivity contribution in [1.82, 2.24) is 4.98 Å². The maximum atomic E-state index is 11.0. The molecule has 0 saturated carbocycles. The smallest absolute Gasteiger partial charge is 0.307 e. The van der Waals surface area contributed by atoms with Crippen LogP contribution in [0.1, 0.15) is 18.2 Å². The lowest BCUT2D eigenvalue weighted by Gasteiger charge is -2.02. The van der Waals surface area contributed by atoms with Gasteiger partial charge in [-0.3, -0.25) is 9.59 Å². The highest BCUT2D eigenvalue weighted by Gasteiger charge is 2.12. The highest BCUT2D eigenvalue weighted by molar-refractivity contribution is 5.95. The van der Waals surface area contributed by atoms with Crippen molar-refractivity contribution in [1.29, 1.82) is 0 Å². The molecule has 94 valence electrons. The monoisotopic (exact) mass is 246 g/mol. The van der Waals surface area contributed by atoms with Gasteiger partial charge in [0.15, 0.2) is 0 Å². The summed E-state index contributed by atoms with van der Waals surface area (Å²) in [5, 5.41) is 12.4. The van der Waals surface area contributed by atoms with Gasteiger partial charge < -0.3 is 15.4 Å². The minimum Gasteiger partial charge on any atom is -0.481 e. The van der Waals surface area contributed by atoms with Gasteiger partial charge in [-0.05, 0) is 30.7 Å². The van der Waals surface area contributed by atoms with Gasteiger partial charge in [0.25, 0.3) is 0 Å². The van der Waals surface area contributed by atoms with Gasteiger partial charge in [0.1, 0.15) is 0 Å². The third kappa shape index (κ3) is 2.34. The molecular formula is C13H14N2O3. The number of H-pyrrole nitrogens is 1. The van der Waals surface area contributed by atoms with Crippen molar-refractivity contribution in [2.24, 2.45) is 0 Å². The number of nitrogens with one attached hydrogen (secondary N) is 2. The number of carbonyl (C=O) groups is 2. The van der Waals surface area contributed by atoms with E-state index in [1.165, 1.54) is 6.92 Å². The molecule has 2 rings (SSSR count). The van der Waals surface area contributed by atoms with Crippen molar-refractivity contribution in [3.05, 3.63) is 29.5 Å². The first-order valence-corrected chi connectivity index (χ1v) is 5.58. The zero-order valence-electron chi connectivity index (χ0n) is 10.2. The quantitative estimate of drug-likeness (QED) is 0.775. The number of rotatable bonds is 3. The number of carboxylic acid groups (broad SMARTS) is 1. The number of aromatic amines is 1. The van der Waals surface area contributed by atoms with Crippen molar-refractivity contribution in [3.8, 4) is 0 Å². The summed E-state index contributed by atoms with van der Waals surface area (Å²) in [6.45, 7) is 3.28. The fraction of sp³-hybridized carbons (Fsp3) is 0.231. The Bertz CT molecular complexity index is 628. The molecule has 5 nitrogen and oxygen atoms in total. The largest absolute Gasteiger partial charge is 0.481 e. The number of aryl methyl sites for hydroxylation is 1. The Morgan fingerprint density at radius 2 is 2.11 bits per heavy atom. The van der Waals surface area contributed by atoms with E-state index in [0.29, 0.717) is 5.69 Å². The summed E-state index contributed by atoms with van der Waals surface area (Å²) >= 11 is 0. The van der Waals surface area contributed by atoms with Gasteiger partial charge in [-0.1, -0.05) is 0 Å². The fourth-order valence-electron chi connectivity index (χ4n) is 2.04. The first-order valence-electron chi connectivity index (χ1n) is 5.58. The number of aromatic nitrogens is 1. The molecule has 3 N–H and O–H groups in total. The number of fused-ring (bicyclic) bond motifs is 1. The van der Waals surface area contributed by atoms with E-state index in [2.05, 4.69) is 10.3 Å². The normalized spacial score (nSPS) is 10.6. The summed E-state index contributed by atoms with van der Waals surface area (Å²) in [5.74, 6) is -1.02. The SMILES string of the molecule is CC(=O)Nc1ccc2[nH]c(C)c(CC(=O)O)c2c1. The van der Waals surface area contributed by atoms with E-state index in [1.807, 2.05) is 13.0 Å². The number of anilines is 1. The van der Waals surface area contributed by atoms with E-state index in [0.717, 1.165) is 22.2 Å². The first kappa shape index (κ1) is 12.2. The summed E-state index contributed by atoms with van der Waals surface area (Å²) in [7, 11) is 0. The maximum Gasteiger partial charge on any atom is 0.307 e. The van der Waals surface area contributed by atoms with Gasteiger partial charge >= 0.3 is 5.97 Å². The molecule has 0 unspecified atom stereocenters. The molecular weight excluding hydrogens is 232 g/mol. The van der Waals surface area contributed by atoms with Gasteiger partial charge in [-0.15, -0.1) is 0 Å². The third-order valence-corrected chi connectivity index (χ3v) is 2.77. The van der Waals surface area contributed by atoms with Crippen LogP contribution in [0.15, 0.2) is 18.2 Å². The third-order valence-electron chi connectivity index (χ3n) is 2.77. The van der Waals surface area contributed by atoms with Crippen LogP contribution < -0.4 is 5.32 Å². The molecule has 0 spiro atoms. The van der Waals surface area contributed by atoms with Crippen LogP contribution in [0.3, 0.4) is 0 Å². The van der Waals surface area contributed by atoms with Crippen LogP contribution in [0.5, 0.6) is 0 Å². The zero-order valence-corrected chi connectivity index (χ0v) is 10.2. The molecule has 1 aromatic carbocycles. The topological polar surface area (TPSA) is 82.2 Å². The minimum absolute atomic E-state index is 0.0324. The molecule has 0 fully saturated rings. The molecule has 1 amide bonds. The average molecular weight is 246 g/mol. The number of carbonyl (C=O) groups excluding carboxylic acids is 1. The lowest BCUT2D eigenvalue weighted by molar-refractivity contribution is -0.136. The molecule has 0 aliphatic rings. The molecule has 0 radical (unpaired) electrons. The van der Waals surface area contributed by atoms with Gasteiger partial charge in [-0.2, -0.15) is 0 Å². The molecule has 1 aromatic heterocycles. The second kappa shape index (κ2) is 4.52. The predicted octanol–water partition coefficient (Wildman–Crippen LogP) is 2.06. The summed E-state index contributed by atoms with van der Waals surface area (Å²) < 4.78 is 0. The number of hydrogen-bond donors (Lipinski definition) is 3. The van der Waals surface area contributed by atoms with E-state index in [-0.39, 0.29) is 12.3 Å². The predicted molar refractivity (Wildman–Crippen MR) is 68.7 cm³/mol. The Morgan fingerprint density at radius 1 is 1.39 bits per heavy atom. The number of hydrogen-bond acceptors (Lipinski definition) is 2. The van der Waals surface area contributed by atoms with Crippen molar-refractivity contribution < 1.29 is 14.7 Å². The van der Waals surface area contributed by atoms with E-state index in [4.69, 9.17) is 5.11 Å². The van der Waals surface area contributed by atoms with E-state index in [9.17, 15) is 9.59 Å². The minimum atomic E-state index is -0.871. The van der Waals surface area contributed by atoms with Crippen molar-refractivity contribution in [2.75, 3.05) is 5.32 Å². The number of aliphatic carboxylic acids is 1. The lowest BCUT2D eigenvalue weighted by Crippen LogP contribution is -2.05. The number of amides is 1. The Morgan fingerprint density at radius 3 is 2.72 bits per heavy atom. The zero-order chi connectivity index (χ0) is 13.3. The highest BCUT2D eigenvalue weighted by atomic mass is 16.4. The Hall–Kier alpha value is -2.30. The summed E-state index contributed by atoms with van der Waals surface area (Å²) in [5.41, 5.74) is 3.13. The van der Waals surface area contributed by atoms with E-state index in [1.54, 1.807) is 12.1 Å². The first-order chi connectivity index (χ1) is 8.47.